The van der Waals surface area contributed by atoms with Crippen LogP contribution in [0, 0.1) is 0 Å². The van der Waals surface area contributed by atoms with Crippen LogP contribution in [-0.2, 0) is 33.5 Å². The van der Waals surface area contributed by atoms with E-state index in [9.17, 15) is 39.0 Å². The number of aliphatic carboxylic acids is 3. The Morgan fingerprint density at radius 3 is 1.86 bits per heavy atom. The third-order valence-electron chi connectivity index (χ3n) is 5.92. The Morgan fingerprint density at radius 2 is 1.35 bits per heavy atom. The van der Waals surface area contributed by atoms with E-state index in [4.69, 9.17) is 10.8 Å². The molecule has 2 atom stereocenters. The second kappa shape index (κ2) is 34.2. The molecule has 0 heterocycles. The number of rotatable bonds is 23. The minimum Gasteiger partial charge on any atom is -0.550 e. The van der Waals surface area contributed by atoms with Crippen molar-refractivity contribution < 1.29 is 130 Å². The molecule has 0 aliphatic carbocycles. The average molecular weight is 647 g/mol. The van der Waals surface area contributed by atoms with Crippen LogP contribution in [-0.4, -0.2) is 52.9 Å². The molecular weight excluding hydrogens is 598 g/mol. The first-order valence-electron chi connectivity index (χ1n) is 14.5. The quantitative estimate of drug-likeness (QED) is 0.0317. The van der Waals surface area contributed by atoms with E-state index in [0.717, 1.165) is 44.9 Å². The van der Waals surface area contributed by atoms with Crippen LogP contribution in [0.15, 0.2) is 12.2 Å². The molecule has 0 saturated heterocycles. The predicted octanol–water partition coefficient (Wildman–Crippen LogP) is -4.33. The normalized spacial score (nSPS) is 11.5. The van der Waals surface area contributed by atoms with Gasteiger partial charge in [-0.25, -0.2) is 9.59 Å². The number of carboxylic acid groups (broad SMARTS) is 3. The summed E-state index contributed by atoms with van der Waals surface area (Å²) >= 11 is 0. The fourth-order valence-electron chi connectivity index (χ4n) is 3.49. The number of carbonyl (C=O) groups is 6. The number of hydrogen-bond acceptors (Lipinski definition) is 10. The summed E-state index contributed by atoms with van der Waals surface area (Å²) in [5, 5.41) is 31.7. The fraction of sp³-hybridized carbons (Fsp3) is 0.724. The van der Waals surface area contributed by atoms with E-state index in [1.807, 2.05) is 0 Å². The van der Waals surface area contributed by atoms with Gasteiger partial charge in [0, 0.05) is 24.9 Å². The molecule has 14 heteroatoms. The van der Waals surface area contributed by atoms with Gasteiger partial charge in [-0.15, -0.1) is 0 Å². The van der Waals surface area contributed by atoms with Gasteiger partial charge >= 0.3 is 98.8 Å². The van der Waals surface area contributed by atoms with E-state index in [0.29, 0.717) is 6.42 Å². The van der Waals surface area contributed by atoms with Gasteiger partial charge in [-0.05, 0) is 38.5 Å². The summed E-state index contributed by atoms with van der Waals surface area (Å²) in [6.07, 6.45) is 14.9. The monoisotopic (exact) mass is 646 g/mol. The first-order chi connectivity index (χ1) is 19.4. The zero-order valence-corrected chi connectivity index (χ0v) is 31.7. The van der Waals surface area contributed by atoms with E-state index < -0.39 is 48.4 Å². The molecule has 0 unspecified atom stereocenters. The van der Waals surface area contributed by atoms with Gasteiger partial charge in [-0.3, -0.25) is 9.59 Å². The van der Waals surface area contributed by atoms with E-state index in [1.165, 1.54) is 31.8 Å². The Labute approximate surface area is 320 Å². The Bertz CT molecular complexity index is 827. The summed E-state index contributed by atoms with van der Waals surface area (Å²) in [4.78, 5) is 65.6. The molecule has 0 spiro atoms. The molecule has 0 radical (unpaired) electrons. The average Bonchev–Trinajstić information content (AvgIpc) is 2.91. The van der Waals surface area contributed by atoms with Gasteiger partial charge in [0.1, 0.15) is 6.04 Å². The van der Waals surface area contributed by atoms with Crippen LogP contribution >= 0.6 is 0 Å². The van der Waals surface area contributed by atoms with Crippen LogP contribution in [0.25, 0.3) is 0 Å². The summed E-state index contributed by atoms with van der Waals surface area (Å²) in [5.41, 5.74) is 5.43. The number of carboxylic acids is 3. The van der Waals surface area contributed by atoms with E-state index in [1.54, 1.807) is 6.08 Å². The molecular formula is C29H48KN2NaO10. The van der Waals surface area contributed by atoms with E-state index in [-0.39, 0.29) is 113 Å². The molecule has 0 fully saturated rings. The number of unbranched alkanes of at least 4 members (excludes halogenated alkanes) is 10. The maximum Gasteiger partial charge on any atom is 1.00 e. The molecule has 0 aliphatic heterocycles. The largest absolute Gasteiger partial charge is 1.00 e. The minimum atomic E-state index is -1.47. The maximum atomic E-state index is 11.5. The SMILES string of the molecule is CCCCCCCC(=O)N[C@@H](CCC(=O)[O-])C(=O)[O-].CCCCCCCCC=CC(=O)OC(=O)[C@@H](N)CCC(=O)O.[K+].[Na+]. The van der Waals surface area contributed by atoms with Crippen LogP contribution in [0.1, 0.15) is 123 Å². The Morgan fingerprint density at radius 1 is 0.814 bits per heavy atom. The van der Waals surface area contributed by atoms with Crippen molar-refractivity contribution in [2.24, 2.45) is 5.73 Å². The van der Waals surface area contributed by atoms with Crippen molar-refractivity contribution in [3.8, 4) is 0 Å². The van der Waals surface area contributed by atoms with Crippen molar-refractivity contribution in [3.05, 3.63) is 12.2 Å². The van der Waals surface area contributed by atoms with Crippen LogP contribution in [0.3, 0.4) is 0 Å². The van der Waals surface area contributed by atoms with Crippen LogP contribution in [0.5, 0.6) is 0 Å². The van der Waals surface area contributed by atoms with Gasteiger partial charge in [-0.1, -0.05) is 77.7 Å². The second-order valence-corrected chi connectivity index (χ2v) is 9.75. The number of nitrogens with one attached hydrogen (secondary N) is 1. The summed E-state index contributed by atoms with van der Waals surface area (Å²) in [5.74, 6) is -5.91. The number of nitrogens with two attached hydrogens (primary N) is 1. The zero-order valence-electron chi connectivity index (χ0n) is 26.5. The maximum absolute atomic E-state index is 11.5. The number of amides is 1. The standard InChI is InChI=1S/C16H27NO5.C13H23NO5.K.Na/c1-2-3-4-5-6-7-8-9-10-15(20)22-16(21)13(17)11-12-14(18)19;1-2-3-4-5-6-7-11(15)14-10(13(18)19)8-9-12(16)17;;/h9-10,13H,2-8,11-12,17H2,1H3,(H,18,19);10H,2-9H2,1H3,(H,14,15)(H,16,17)(H,18,19);;/q;;2*+1/p-2/t13-;10-;;/m00../s1. The van der Waals surface area contributed by atoms with Crippen molar-refractivity contribution in [1.29, 1.82) is 0 Å². The van der Waals surface area contributed by atoms with Crippen molar-refractivity contribution >= 4 is 35.8 Å². The summed E-state index contributed by atoms with van der Waals surface area (Å²) in [6, 6.07) is -2.35. The topological polar surface area (TPSA) is 216 Å². The molecule has 0 bridgehead atoms. The van der Waals surface area contributed by atoms with E-state index >= 15 is 0 Å². The van der Waals surface area contributed by atoms with Crippen LogP contribution in [0.2, 0.25) is 0 Å². The first-order valence-corrected chi connectivity index (χ1v) is 14.5. The van der Waals surface area contributed by atoms with Gasteiger partial charge in [0.05, 0.1) is 12.0 Å². The summed E-state index contributed by atoms with van der Waals surface area (Å²) < 4.78 is 4.52. The molecule has 0 aromatic carbocycles. The van der Waals surface area contributed by atoms with Crippen molar-refractivity contribution in [1.82, 2.24) is 5.32 Å². The fourth-order valence-corrected chi connectivity index (χ4v) is 3.49. The Balaban J connectivity index is -0.000000341. The number of hydrogen-bond donors (Lipinski definition) is 3. The van der Waals surface area contributed by atoms with Gasteiger partial charge in [0.2, 0.25) is 5.91 Å². The van der Waals surface area contributed by atoms with E-state index in [2.05, 4.69) is 23.9 Å². The summed E-state index contributed by atoms with van der Waals surface area (Å²) in [6.45, 7) is 4.26. The zero-order chi connectivity index (χ0) is 31.5. The van der Waals surface area contributed by atoms with Crippen LogP contribution < -0.4 is 102 Å². The number of carbonyl (C=O) groups excluding carboxylic acids is 5. The first kappa shape index (κ1) is 49.2. The minimum absolute atomic E-state index is 0. The molecule has 0 saturated carbocycles. The van der Waals surface area contributed by atoms with Crippen molar-refractivity contribution in [2.45, 2.75) is 135 Å². The number of allylic oxidation sites excluding steroid dienone is 1. The molecule has 0 aliphatic rings. The third kappa shape index (κ3) is 35.7. The summed E-state index contributed by atoms with van der Waals surface area (Å²) in [7, 11) is 0. The van der Waals surface area contributed by atoms with Gasteiger partial charge in [-0.2, -0.15) is 0 Å². The predicted molar refractivity (Wildman–Crippen MR) is 148 cm³/mol. The molecule has 1 amide bonds. The van der Waals surface area contributed by atoms with Gasteiger partial charge < -0.3 is 40.7 Å². The third-order valence-corrected chi connectivity index (χ3v) is 5.92. The molecule has 0 rings (SSSR count). The molecule has 236 valence electrons. The molecule has 4 N–H and O–H groups in total. The molecule has 0 aromatic rings. The smallest absolute Gasteiger partial charge is 0.550 e. The molecule has 0 aromatic heterocycles. The number of ether oxygens (including phenoxy) is 1. The molecule has 43 heavy (non-hydrogen) atoms. The molecule has 12 nitrogen and oxygen atoms in total. The second-order valence-electron chi connectivity index (χ2n) is 9.75. The Kier molecular flexibility index (Phi) is 39.2. The van der Waals surface area contributed by atoms with Gasteiger partial charge in [0.15, 0.2) is 0 Å². The van der Waals surface area contributed by atoms with Gasteiger partial charge in [0.25, 0.3) is 0 Å². The van der Waals surface area contributed by atoms with Crippen molar-refractivity contribution in [2.75, 3.05) is 0 Å². The Hall–Kier alpha value is -0.644. The number of esters is 2. The van der Waals surface area contributed by atoms with Crippen LogP contribution in [0.4, 0.5) is 0 Å². The van der Waals surface area contributed by atoms with Crippen molar-refractivity contribution in [3.63, 3.8) is 0 Å².